The Morgan fingerprint density at radius 2 is 1.25 bits per heavy atom. The molecule has 0 unspecified atom stereocenters. The van der Waals surface area contributed by atoms with Crippen molar-refractivity contribution < 1.29 is 57.1 Å². The van der Waals surface area contributed by atoms with Gasteiger partial charge in [0.15, 0.2) is 5.16 Å². The minimum absolute atomic E-state index is 0.0696. The predicted octanol–water partition coefficient (Wildman–Crippen LogP) is 5.64. The highest BCUT2D eigenvalue weighted by Gasteiger charge is 2.90. The van der Waals surface area contributed by atoms with E-state index in [-0.39, 0.29) is 5.16 Å². The minimum Gasteiger partial charge on any atom is -0.329 e. The predicted molar refractivity (Wildman–Crippen MR) is 69.3 cm³/mol. The average molecular weight is 460 g/mol. The Balaban J connectivity index is 3.13. The number of nitrogens with zero attached hydrogens (tertiary/aromatic N) is 2. The molecule has 1 heterocycles. The van der Waals surface area contributed by atoms with Crippen LogP contribution in [0, 0.1) is 0 Å². The molecule has 0 aliphatic carbocycles. The van der Waals surface area contributed by atoms with E-state index >= 15 is 0 Å². The van der Waals surface area contributed by atoms with Gasteiger partial charge in [-0.1, -0.05) is 11.8 Å². The first kappa shape index (κ1) is 24.7. The molecule has 1 aromatic rings. The molecule has 1 aromatic heterocycles. The van der Waals surface area contributed by atoms with E-state index in [2.05, 4.69) is 4.98 Å². The standard InChI is InChI=1S/C12H9F13N2S/c1-27-4-3-26-6(27)28-5-2-7(13,14)8(15,16)9(17,18)10(19,20)11(21,22)12(23,24)25/h3-4H,2,5H2,1H3. The number of halogens is 13. The molecule has 28 heavy (non-hydrogen) atoms. The molecule has 1 rings (SSSR count). The molecule has 0 aliphatic heterocycles. The SMILES string of the molecule is Cn1ccnc1SCCC(F)(F)C(F)(F)C(F)(F)C(F)(F)C(F)(F)C(F)(F)F. The average Bonchev–Trinajstić information content (AvgIpc) is 2.90. The van der Waals surface area contributed by atoms with Crippen LogP contribution in [0.2, 0.25) is 0 Å². The lowest BCUT2D eigenvalue weighted by molar-refractivity contribution is -0.439. The van der Waals surface area contributed by atoms with Crippen molar-refractivity contribution in [2.24, 2.45) is 7.05 Å². The van der Waals surface area contributed by atoms with Crippen LogP contribution in [0.3, 0.4) is 0 Å². The summed E-state index contributed by atoms with van der Waals surface area (Å²) in [6.07, 6.45) is -7.23. The Morgan fingerprint density at radius 1 is 0.786 bits per heavy atom. The summed E-state index contributed by atoms with van der Waals surface area (Å²) in [5.41, 5.74) is 0. The zero-order valence-corrected chi connectivity index (χ0v) is 14.1. The van der Waals surface area contributed by atoms with E-state index < -0.39 is 48.0 Å². The van der Waals surface area contributed by atoms with Crippen LogP contribution >= 0.6 is 11.8 Å². The maximum absolute atomic E-state index is 13.5. The third kappa shape index (κ3) is 3.75. The normalized spacial score (nSPS) is 15.2. The maximum atomic E-state index is 13.5. The van der Waals surface area contributed by atoms with Gasteiger partial charge in [0.2, 0.25) is 0 Å². The van der Waals surface area contributed by atoms with E-state index in [4.69, 9.17) is 0 Å². The highest BCUT2D eigenvalue weighted by atomic mass is 32.2. The van der Waals surface area contributed by atoms with Gasteiger partial charge < -0.3 is 4.57 Å². The highest BCUT2D eigenvalue weighted by molar-refractivity contribution is 7.99. The Hall–Kier alpha value is -1.35. The molecule has 164 valence electrons. The number of aryl methyl sites for hydroxylation is 1. The van der Waals surface area contributed by atoms with Crippen LogP contribution in [0.4, 0.5) is 57.1 Å². The number of hydrogen-bond donors (Lipinski definition) is 0. The number of aromatic nitrogens is 2. The molecule has 0 fully saturated rings. The van der Waals surface area contributed by atoms with E-state index in [0.29, 0.717) is 11.8 Å². The van der Waals surface area contributed by atoms with E-state index in [1.54, 1.807) is 0 Å². The van der Waals surface area contributed by atoms with Crippen molar-refractivity contribution in [2.45, 2.75) is 47.4 Å². The van der Waals surface area contributed by atoms with Gasteiger partial charge in [-0.25, -0.2) is 4.98 Å². The van der Waals surface area contributed by atoms with E-state index in [9.17, 15) is 57.1 Å². The van der Waals surface area contributed by atoms with Crippen LogP contribution in [-0.4, -0.2) is 51.1 Å². The molecule has 0 aromatic carbocycles. The Bertz CT molecular complexity index is 679. The van der Waals surface area contributed by atoms with Gasteiger partial charge in [0, 0.05) is 31.6 Å². The lowest BCUT2D eigenvalue weighted by Crippen LogP contribution is -2.70. The molecular formula is C12H9F13N2S. The Kier molecular flexibility index (Phi) is 6.31. The zero-order valence-electron chi connectivity index (χ0n) is 13.3. The Morgan fingerprint density at radius 3 is 1.64 bits per heavy atom. The van der Waals surface area contributed by atoms with Crippen LogP contribution in [-0.2, 0) is 7.05 Å². The van der Waals surface area contributed by atoms with Gasteiger partial charge >= 0.3 is 35.8 Å². The van der Waals surface area contributed by atoms with Gasteiger partial charge in [-0.15, -0.1) is 0 Å². The largest absolute Gasteiger partial charge is 0.460 e. The van der Waals surface area contributed by atoms with E-state index in [1.165, 1.54) is 17.8 Å². The summed E-state index contributed by atoms with van der Waals surface area (Å²) in [5.74, 6) is -37.7. The first-order valence-electron chi connectivity index (χ1n) is 6.80. The zero-order chi connectivity index (χ0) is 22.4. The van der Waals surface area contributed by atoms with Gasteiger partial charge in [-0.05, 0) is 0 Å². The number of alkyl halides is 13. The van der Waals surface area contributed by atoms with Crippen molar-refractivity contribution >= 4 is 11.8 Å². The molecule has 0 spiro atoms. The summed E-state index contributed by atoms with van der Waals surface area (Å²) in [4.78, 5) is 3.55. The number of hydrogen-bond acceptors (Lipinski definition) is 2. The molecule has 0 N–H and O–H groups in total. The molecule has 16 heteroatoms. The summed E-state index contributed by atoms with van der Waals surface area (Å²) in [6.45, 7) is 0. The van der Waals surface area contributed by atoms with Crippen LogP contribution in [0.15, 0.2) is 17.6 Å². The van der Waals surface area contributed by atoms with Crippen molar-refractivity contribution in [3.8, 4) is 0 Å². The fourth-order valence-electron chi connectivity index (χ4n) is 1.72. The van der Waals surface area contributed by atoms with Crippen molar-refractivity contribution in [1.82, 2.24) is 9.55 Å². The molecular weight excluding hydrogens is 451 g/mol. The first-order chi connectivity index (χ1) is 12.2. The second kappa shape index (κ2) is 7.16. The number of thioether (sulfide) groups is 1. The van der Waals surface area contributed by atoms with Gasteiger partial charge in [0.1, 0.15) is 0 Å². The van der Waals surface area contributed by atoms with E-state index in [0.717, 1.165) is 6.20 Å². The molecule has 0 radical (unpaired) electrons. The summed E-state index contributed by atoms with van der Waals surface area (Å²) in [6, 6.07) is 0. The molecule has 0 amide bonds. The van der Waals surface area contributed by atoms with Crippen LogP contribution < -0.4 is 0 Å². The third-order valence-corrected chi connectivity index (χ3v) is 4.48. The van der Waals surface area contributed by atoms with E-state index in [1.807, 2.05) is 0 Å². The van der Waals surface area contributed by atoms with Crippen molar-refractivity contribution in [1.29, 1.82) is 0 Å². The molecule has 0 saturated carbocycles. The van der Waals surface area contributed by atoms with Crippen LogP contribution in [0.5, 0.6) is 0 Å². The molecule has 0 bridgehead atoms. The van der Waals surface area contributed by atoms with Gasteiger partial charge in [0.25, 0.3) is 0 Å². The minimum atomic E-state index is -7.86. The molecule has 0 aliphatic rings. The fraction of sp³-hybridized carbons (Fsp3) is 0.750. The third-order valence-electron chi connectivity index (χ3n) is 3.42. The van der Waals surface area contributed by atoms with Gasteiger partial charge in [-0.2, -0.15) is 57.1 Å². The summed E-state index contributed by atoms with van der Waals surface area (Å²) >= 11 is 0.303. The first-order valence-corrected chi connectivity index (χ1v) is 7.78. The monoisotopic (exact) mass is 460 g/mol. The summed E-state index contributed by atoms with van der Waals surface area (Å²) in [7, 11) is 1.33. The number of imidazole rings is 1. The van der Waals surface area contributed by atoms with Crippen molar-refractivity contribution in [3.05, 3.63) is 12.4 Å². The lowest BCUT2D eigenvalue weighted by Gasteiger charge is -2.39. The quantitative estimate of drug-likeness (QED) is 0.369. The summed E-state index contributed by atoms with van der Waals surface area (Å²) < 4.78 is 169. The maximum Gasteiger partial charge on any atom is 0.460 e. The highest BCUT2D eigenvalue weighted by Crippen LogP contribution is 2.60. The van der Waals surface area contributed by atoms with Crippen LogP contribution in [0.25, 0.3) is 0 Å². The van der Waals surface area contributed by atoms with Gasteiger partial charge in [-0.3, -0.25) is 0 Å². The fourth-order valence-corrected chi connectivity index (χ4v) is 2.66. The topological polar surface area (TPSA) is 17.8 Å². The molecule has 0 saturated heterocycles. The van der Waals surface area contributed by atoms with Crippen molar-refractivity contribution in [3.63, 3.8) is 0 Å². The smallest absolute Gasteiger partial charge is 0.329 e. The molecule has 0 atom stereocenters. The van der Waals surface area contributed by atoms with Crippen molar-refractivity contribution in [2.75, 3.05) is 5.75 Å². The van der Waals surface area contributed by atoms with Gasteiger partial charge in [0.05, 0.1) is 0 Å². The Labute approximate surface area is 152 Å². The number of rotatable bonds is 8. The van der Waals surface area contributed by atoms with Crippen LogP contribution in [0.1, 0.15) is 6.42 Å². The summed E-state index contributed by atoms with van der Waals surface area (Å²) in [5, 5.41) is -0.0696. The second-order valence-electron chi connectivity index (χ2n) is 5.42. The lowest BCUT2D eigenvalue weighted by atomic mass is 9.93. The second-order valence-corrected chi connectivity index (χ2v) is 6.48. The molecule has 2 nitrogen and oxygen atoms in total.